The maximum absolute atomic E-state index is 13.1. The molecule has 1 fully saturated rings. The van der Waals surface area contributed by atoms with Gasteiger partial charge in [0.15, 0.2) is 9.84 Å². The molecule has 0 bridgehead atoms. The van der Waals surface area contributed by atoms with Crippen LogP contribution in [0.2, 0.25) is 0 Å². The largest absolute Gasteiger partial charge is 0.390 e. The lowest BCUT2D eigenvalue weighted by Gasteiger charge is -2.38. The van der Waals surface area contributed by atoms with Crippen LogP contribution in [0.25, 0.3) is 11.0 Å². The Morgan fingerprint density at radius 3 is 2.43 bits per heavy atom. The van der Waals surface area contributed by atoms with Gasteiger partial charge in [0.05, 0.1) is 28.0 Å². The highest BCUT2D eigenvalue weighted by Crippen LogP contribution is 2.31. The zero-order valence-electron chi connectivity index (χ0n) is 19.9. The van der Waals surface area contributed by atoms with Gasteiger partial charge in [-0.05, 0) is 55.5 Å². The summed E-state index contributed by atoms with van der Waals surface area (Å²) in [7, 11) is -3.77. The van der Waals surface area contributed by atoms with Crippen LogP contribution in [0.1, 0.15) is 48.0 Å². The maximum Gasteiger partial charge on any atom is 0.389 e. The number of amides is 1. The van der Waals surface area contributed by atoms with Crippen molar-refractivity contribution in [3.05, 3.63) is 59.8 Å². The summed E-state index contributed by atoms with van der Waals surface area (Å²) in [5.74, 6) is -0.405. The highest BCUT2D eigenvalue weighted by atomic mass is 32.2. The highest BCUT2D eigenvalue weighted by molar-refractivity contribution is 7.90. The average molecular weight is 537 g/mol. The Kier molecular flexibility index (Phi) is 7.43. The van der Waals surface area contributed by atoms with Crippen LogP contribution in [0.15, 0.2) is 53.6 Å². The first-order valence-electron chi connectivity index (χ1n) is 11.8. The Morgan fingerprint density at radius 2 is 1.78 bits per heavy atom. The summed E-state index contributed by atoms with van der Waals surface area (Å²) in [6.45, 7) is 0.453. The van der Waals surface area contributed by atoms with Crippen LogP contribution < -0.4 is 5.73 Å². The van der Waals surface area contributed by atoms with Gasteiger partial charge in [0, 0.05) is 25.1 Å². The number of aromatic nitrogens is 2. The Bertz CT molecular complexity index is 1390. The number of nitrogens with zero attached hydrogens (tertiary/aromatic N) is 3. The third-order valence-corrected chi connectivity index (χ3v) is 8.24. The molecule has 1 aliphatic rings. The van der Waals surface area contributed by atoms with Gasteiger partial charge < -0.3 is 15.7 Å². The number of para-hydroxylation sites is 1. The van der Waals surface area contributed by atoms with Crippen molar-refractivity contribution in [2.75, 3.05) is 18.8 Å². The molecule has 0 unspecified atom stereocenters. The summed E-state index contributed by atoms with van der Waals surface area (Å²) in [4.78, 5) is 22.7. The van der Waals surface area contributed by atoms with E-state index < -0.39 is 28.0 Å². The smallest absolute Gasteiger partial charge is 0.389 e. The van der Waals surface area contributed by atoms with Crippen molar-refractivity contribution < 1.29 is 31.5 Å². The molecule has 2 aromatic carbocycles. The number of carbonyl (C=O) groups excluding carboxylic acids is 1. The standard InChI is InChI=1S/C25H27F3N4O4S/c26-25(27,28)10-2-9-24(34)11-13-32(14-12-24)23(33)18-7-5-17(6-8-18)16-37(35,36)20-4-1-3-19-22(20)30-15-21(29)31-19/h1,3-8,15,34H,2,9-14,16H2,(H2,29,31). The van der Waals surface area contributed by atoms with E-state index in [-0.39, 0.29) is 66.7 Å². The fourth-order valence-electron chi connectivity index (χ4n) is 4.50. The number of nitrogens with two attached hydrogens (primary N) is 1. The second-order valence-corrected chi connectivity index (χ2v) is 11.3. The topological polar surface area (TPSA) is 126 Å². The molecule has 0 saturated carbocycles. The van der Waals surface area contributed by atoms with Crippen LogP contribution in [-0.4, -0.2) is 59.2 Å². The lowest BCUT2D eigenvalue weighted by molar-refractivity contribution is -0.138. The van der Waals surface area contributed by atoms with E-state index in [4.69, 9.17) is 5.73 Å². The maximum atomic E-state index is 13.1. The summed E-state index contributed by atoms with van der Waals surface area (Å²) in [6.07, 6.45) is -3.62. The predicted octanol–water partition coefficient (Wildman–Crippen LogP) is 3.89. The van der Waals surface area contributed by atoms with Crippen molar-refractivity contribution in [2.45, 2.75) is 54.5 Å². The van der Waals surface area contributed by atoms with Crippen LogP contribution in [-0.2, 0) is 15.6 Å². The van der Waals surface area contributed by atoms with Gasteiger partial charge in [-0.25, -0.2) is 18.4 Å². The molecule has 1 aliphatic heterocycles. The first kappa shape index (κ1) is 26.8. The van der Waals surface area contributed by atoms with E-state index in [1.165, 1.54) is 12.3 Å². The average Bonchev–Trinajstić information content (AvgIpc) is 2.83. The van der Waals surface area contributed by atoms with Gasteiger partial charge in [0.25, 0.3) is 5.91 Å². The van der Waals surface area contributed by atoms with Gasteiger partial charge in [-0.3, -0.25) is 4.79 Å². The van der Waals surface area contributed by atoms with E-state index in [0.717, 1.165) is 0 Å². The second-order valence-electron chi connectivity index (χ2n) is 9.36. The number of piperidine rings is 1. The Balaban J connectivity index is 1.38. The molecule has 1 amide bonds. The fraction of sp³-hybridized carbons (Fsp3) is 0.400. The van der Waals surface area contributed by atoms with Gasteiger partial charge in [0.1, 0.15) is 11.3 Å². The molecule has 0 radical (unpaired) electrons. The lowest BCUT2D eigenvalue weighted by atomic mass is 9.86. The molecular formula is C25H27F3N4O4S. The number of halogens is 3. The van der Waals surface area contributed by atoms with Gasteiger partial charge in [0.2, 0.25) is 0 Å². The van der Waals surface area contributed by atoms with Crippen molar-refractivity contribution >= 4 is 32.6 Å². The van der Waals surface area contributed by atoms with Crippen LogP contribution in [0.4, 0.5) is 19.0 Å². The lowest BCUT2D eigenvalue weighted by Crippen LogP contribution is -2.46. The van der Waals surface area contributed by atoms with Crippen molar-refractivity contribution in [3.8, 4) is 0 Å². The molecule has 198 valence electrons. The van der Waals surface area contributed by atoms with Gasteiger partial charge in [-0.2, -0.15) is 13.2 Å². The van der Waals surface area contributed by atoms with Crippen LogP contribution in [0.5, 0.6) is 0 Å². The summed E-state index contributed by atoms with van der Waals surface area (Å²) < 4.78 is 63.4. The molecule has 4 rings (SSSR count). The first-order chi connectivity index (χ1) is 17.4. The summed E-state index contributed by atoms with van der Waals surface area (Å²) in [6, 6.07) is 10.9. The number of aliphatic hydroxyl groups is 1. The SMILES string of the molecule is Nc1cnc2c(S(=O)(=O)Cc3ccc(C(=O)N4CCC(O)(CCCC(F)(F)F)CC4)cc3)cccc2n1. The summed E-state index contributed by atoms with van der Waals surface area (Å²) >= 11 is 0. The van der Waals surface area contributed by atoms with Crippen LogP contribution in [0, 0.1) is 0 Å². The molecule has 3 aromatic rings. The third-order valence-electron chi connectivity index (χ3n) is 6.53. The molecule has 3 N–H and O–H groups in total. The van der Waals surface area contributed by atoms with Crippen LogP contribution >= 0.6 is 0 Å². The molecule has 1 saturated heterocycles. The molecule has 0 aliphatic carbocycles. The zero-order valence-corrected chi connectivity index (χ0v) is 20.7. The molecule has 1 aromatic heterocycles. The summed E-state index contributed by atoms with van der Waals surface area (Å²) in [5.41, 5.74) is 5.87. The van der Waals surface area contributed by atoms with E-state index >= 15 is 0 Å². The number of alkyl halides is 3. The number of benzene rings is 2. The number of nitrogen functional groups attached to an aromatic ring is 1. The minimum atomic E-state index is -4.25. The third kappa shape index (κ3) is 6.55. The van der Waals surface area contributed by atoms with Crippen molar-refractivity contribution in [1.29, 1.82) is 0 Å². The van der Waals surface area contributed by atoms with E-state index in [1.54, 1.807) is 41.3 Å². The van der Waals surface area contributed by atoms with Crippen molar-refractivity contribution in [1.82, 2.24) is 14.9 Å². The number of likely N-dealkylation sites (tertiary alicyclic amines) is 1. The Hall–Kier alpha value is -3.25. The predicted molar refractivity (Wildman–Crippen MR) is 131 cm³/mol. The zero-order chi connectivity index (χ0) is 26.8. The molecule has 8 nitrogen and oxygen atoms in total. The van der Waals surface area contributed by atoms with Crippen molar-refractivity contribution in [3.63, 3.8) is 0 Å². The van der Waals surface area contributed by atoms with E-state index in [1.807, 2.05) is 0 Å². The van der Waals surface area contributed by atoms with E-state index in [0.29, 0.717) is 16.6 Å². The van der Waals surface area contributed by atoms with Crippen molar-refractivity contribution in [2.24, 2.45) is 0 Å². The minimum absolute atomic E-state index is 0.0351. The number of hydrogen-bond acceptors (Lipinski definition) is 7. The van der Waals surface area contributed by atoms with Crippen LogP contribution in [0.3, 0.4) is 0 Å². The molecule has 12 heteroatoms. The molecule has 2 heterocycles. The number of carbonyl (C=O) groups is 1. The number of hydrogen-bond donors (Lipinski definition) is 2. The number of sulfone groups is 1. The molecule has 0 spiro atoms. The summed E-state index contributed by atoms with van der Waals surface area (Å²) in [5, 5.41) is 10.6. The van der Waals surface area contributed by atoms with Gasteiger partial charge >= 0.3 is 6.18 Å². The van der Waals surface area contributed by atoms with Gasteiger partial charge in [-0.1, -0.05) is 18.2 Å². The number of anilines is 1. The molecular weight excluding hydrogens is 509 g/mol. The van der Waals surface area contributed by atoms with Gasteiger partial charge in [-0.15, -0.1) is 0 Å². The fourth-order valence-corrected chi connectivity index (χ4v) is 6.02. The Labute approximate surface area is 212 Å². The van der Waals surface area contributed by atoms with E-state index in [2.05, 4.69) is 9.97 Å². The monoisotopic (exact) mass is 536 g/mol. The number of fused-ring (bicyclic) bond motifs is 1. The minimum Gasteiger partial charge on any atom is -0.390 e. The highest BCUT2D eigenvalue weighted by Gasteiger charge is 2.35. The second kappa shape index (κ2) is 10.3. The number of rotatable bonds is 7. The normalized spacial score (nSPS) is 16.2. The molecule has 0 atom stereocenters. The molecule has 37 heavy (non-hydrogen) atoms. The quantitative estimate of drug-likeness (QED) is 0.469. The first-order valence-corrected chi connectivity index (χ1v) is 13.4. The Morgan fingerprint density at radius 1 is 1.11 bits per heavy atom. The van der Waals surface area contributed by atoms with E-state index in [9.17, 15) is 31.5 Å².